The normalized spacial score (nSPS) is 12.1. The largest absolute Gasteiger partial charge is 0.457 e. The Kier molecular flexibility index (Phi) is 25.3. The molecule has 9 heteroatoms. The fourth-order valence-electron chi connectivity index (χ4n) is 13.1. The van der Waals surface area contributed by atoms with Crippen molar-refractivity contribution in [3.63, 3.8) is 0 Å². The Hall–Kier alpha value is -8.43. The predicted molar refractivity (Wildman–Crippen MR) is 423 cm³/mol. The number of benzene rings is 7. The summed E-state index contributed by atoms with van der Waals surface area (Å²) in [6.07, 6.45) is 2.00. The number of rotatable bonds is 18. The van der Waals surface area contributed by atoms with E-state index >= 15 is 0 Å². The standard InChI is InChI=1S/C90H114O9.2CH4/c1-49(2)82(91)97-76-52(7)34-64(35-53(76)8)94-79-70(85(16,17)18)43-61(44-71(79)86(19,20)21)40-67-58(13)68(41-62-45-72(87(22,23)24)80(73(46-62)88(25,26)27)95-65-36-54(9)77(55(10)37-65)98-83(92)50(3)4)60(15)69(59(67)14)42-63-47-74(89(28,29)30)81(75(48-63)90(31,32)33)96-66-38-56(11)78(57(12)39-66)99-84(93)51(5)6;;/h34-39,43-48H,1,3,5,40-42H2,2,4,6-33H3;2*1H4. The minimum atomic E-state index is -0.462. The summed E-state index contributed by atoms with van der Waals surface area (Å²) < 4.78 is 39.0. The second-order valence-corrected chi connectivity index (χ2v) is 34.4. The van der Waals surface area contributed by atoms with Crippen LogP contribution in [0.3, 0.4) is 0 Å². The molecule has 0 aliphatic rings. The summed E-state index contributed by atoms with van der Waals surface area (Å²) in [7, 11) is 0. The van der Waals surface area contributed by atoms with Gasteiger partial charge in [-0.3, -0.25) is 0 Å². The summed E-state index contributed by atoms with van der Waals surface area (Å²) in [4.78, 5) is 38.3. The van der Waals surface area contributed by atoms with Crippen LogP contribution in [-0.2, 0) is 66.1 Å². The summed E-state index contributed by atoms with van der Waals surface area (Å²) in [5.41, 5.74) is 21.5. The van der Waals surface area contributed by atoms with Crippen molar-refractivity contribution in [2.45, 2.75) is 274 Å². The maximum Gasteiger partial charge on any atom is 0.338 e. The molecule has 7 rings (SSSR count). The van der Waals surface area contributed by atoms with Gasteiger partial charge in [-0.25, -0.2) is 14.4 Å². The molecule has 0 aromatic heterocycles. The van der Waals surface area contributed by atoms with Gasteiger partial charge in [0.15, 0.2) is 0 Å². The first-order valence-corrected chi connectivity index (χ1v) is 34.9. The minimum absolute atomic E-state index is 0. The average Bonchev–Trinajstić information content (AvgIpc) is 0.761. The fourth-order valence-corrected chi connectivity index (χ4v) is 13.1. The maximum atomic E-state index is 12.8. The third-order valence-corrected chi connectivity index (χ3v) is 18.7. The van der Waals surface area contributed by atoms with Gasteiger partial charge in [0.05, 0.1) is 0 Å². The second kappa shape index (κ2) is 30.6. The molecule has 0 heterocycles. The number of carbonyl (C=O) groups is 3. The van der Waals surface area contributed by atoms with Gasteiger partial charge in [-0.2, -0.15) is 0 Å². The SMILES string of the molecule is C.C.C=C(C)C(=O)Oc1c(C)cc(Oc2c(C(C)(C)C)cc(Cc3c(C)c(Cc4cc(C(C)(C)C)c(Oc5cc(C)c(OC(=O)C(=C)C)c(C)c5)c(C(C)(C)C)c4)c(C)c(Cc4cc(C(C)(C)C)c(Oc5cc(C)c(OC(=O)C(=C)C)c(C)c5)c(C(C)(C)C)c4)c3C)cc2C(C)(C)C)cc1C. The Morgan fingerprint density at radius 3 is 0.584 bits per heavy atom. The minimum Gasteiger partial charge on any atom is -0.457 e. The molecule has 0 fully saturated rings. The molecule has 0 saturated heterocycles. The monoisotopic (exact) mass is 1370 g/mol. The Morgan fingerprint density at radius 2 is 0.446 bits per heavy atom. The molecule has 9 nitrogen and oxygen atoms in total. The summed E-state index contributed by atoms with van der Waals surface area (Å²) in [6, 6.07) is 25.9. The van der Waals surface area contributed by atoms with Gasteiger partial charge < -0.3 is 28.4 Å². The van der Waals surface area contributed by atoms with E-state index in [1.807, 2.05) is 77.9 Å². The first-order chi connectivity index (χ1) is 45.3. The van der Waals surface area contributed by atoms with E-state index in [9.17, 15) is 14.4 Å². The van der Waals surface area contributed by atoms with E-state index in [2.05, 4.69) is 202 Å². The predicted octanol–water partition coefficient (Wildman–Crippen LogP) is 25.1. The van der Waals surface area contributed by atoms with Crippen LogP contribution >= 0.6 is 0 Å². The lowest BCUT2D eigenvalue weighted by atomic mass is 9.75. The van der Waals surface area contributed by atoms with Crippen LogP contribution in [0, 0.1) is 62.3 Å². The summed E-state index contributed by atoms with van der Waals surface area (Å²) in [5.74, 6) is 4.63. The van der Waals surface area contributed by atoms with Crippen LogP contribution in [0.15, 0.2) is 109 Å². The van der Waals surface area contributed by atoms with Gasteiger partial charge >= 0.3 is 17.9 Å². The molecule has 0 radical (unpaired) electrons. The molecule has 0 spiro atoms. The van der Waals surface area contributed by atoms with E-state index in [4.69, 9.17) is 28.4 Å². The number of esters is 3. The van der Waals surface area contributed by atoms with Gasteiger partial charge in [-0.05, 0) is 255 Å². The van der Waals surface area contributed by atoms with Gasteiger partial charge in [-0.1, -0.05) is 196 Å². The second-order valence-electron chi connectivity index (χ2n) is 34.4. The highest BCUT2D eigenvalue weighted by atomic mass is 16.5. The van der Waals surface area contributed by atoms with Crippen molar-refractivity contribution in [1.29, 1.82) is 0 Å². The third kappa shape index (κ3) is 19.2. The van der Waals surface area contributed by atoms with Crippen molar-refractivity contribution >= 4 is 17.9 Å². The smallest absolute Gasteiger partial charge is 0.338 e. The van der Waals surface area contributed by atoms with Gasteiger partial charge in [0.25, 0.3) is 0 Å². The van der Waals surface area contributed by atoms with E-state index in [1.54, 1.807) is 20.8 Å². The quantitative estimate of drug-likeness (QED) is 0.0472. The number of aryl methyl sites for hydroxylation is 6. The van der Waals surface area contributed by atoms with E-state index in [0.29, 0.717) is 70.5 Å². The number of hydrogen-bond acceptors (Lipinski definition) is 9. The Balaban J connectivity index is 0.00000919. The molecule has 101 heavy (non-hydrogen) atoms. The van der Waals surface area contributed by atoms with Crippen molar-refractivity contribution in [3.8, 4) is 51.7 Å². The van der Waals surface area contributed by atoms with Crippen LogP contribution in [-0.4, -0.2) is 17.9 Å². The highest BCUT2D eigenvalue weighted by molar-refractivity contribution is 5.90. The zero-order valence-corrected chi connectivity index (χ0v) is 65.8. The Labute approximate surface area is 609 Å². The zero-order valence-electron chi connectivity index (χ0n) is 65.8. The lowest BCUT2D eigenvalue weighted by molar-refractivity contribution is -0.131. The third-order valence-electron chi connectivity index (χ3n) is 18.7. The molecule has 0 aliphatic heterocycles. The molecule has 0 bridgehead atoms. The van der Waals surface area contributed by atoms with E-state index in [0.717, 1.165) is 84.0 Å². The van der Waals surface area contributed by atoms with Gasteiger partial charge in [0.2, 0.25) is 0 Å². The zero-order chi connectivity index (χ0) is 74.6. The van der Waals surface area contributed by atoms with Crippen LogP contribution < -0.4 is 28.4 Å². The maximum absolute atomic E-state index is 12.8. The molecule has 7 aromatic rings. The molecule has 0 amide bonds. The van der Waals surface area contributed by atoms with Crippen molar-refractivity contribution in [2.24, 2.45) is 0 Å². The van der Waals surface area contributed by atoms with Crippen molar-refractivity contribution in [3.05, 3.63) is 226 Å². The topological polar surface area (TPSA) is 107 Å². The van der Waals surface area contributed by atoms with E-state index in [1.165, 1.54) is 50.1 Å². The molecular weight excluding hydrogens is 1250 g/mol. The summed E-state index contributed by atoms with van der Waals surface area (Å²) >= 11 is 0. The molecule has 0 aliphatic carbocycles. The lowest BCUT2D eigenvalue weighted by Crippen LogP contribution is -2.20. The number of carbonyl (C=O) groups excluding carboxylic acids is 3. The van der Waals surface area contributed by atoms with Crippen LogP contribution in [0.25, 0.3) is 0 Å². The molecule has 0 saturated carbocycles. The molecule has 0 unspecified atom stereocenters. The molecule has 7 aromatic carbocycles. The van der Waals surface area contributed by atoms with Crippen molar-refractivity contribution in [2.75, 3.05) is 0 Å². The van der Waals surface area contributed by atoms with Crippen LogP contribution in [0.2, 0.25) is 0 Å². The first-order valence-electron chi connectivity index (χ1n) is 34.9. The highest BCUT2D eigenvalue weighted by Gasteiger charge is 2.34. The van der Waals surface area contributed by atoms with Crippen molar-refractivity contribution < 1.29 is 42.8 Å². The first kappa shape index (κ1) is 83.2. The lowest BCUT2D eigenvalue weighted by Gasteiger charge is -2.32. The molecular formula is C92H122O9. The Bertz CT molecular complexity index is 3760. The highest BCUT2D eigenvalue weighted by Crippen LogP contribution is 2.49. The Morgan fingerprint density at radius 1 is 0.287 bits per heavy atom. The van der Waals surface area contributed by atoms with E-state index in [-0.39, 0.29) is 47.3 Å². The van der Waals surface area contributed by atoms with Crippen LogP contribution in [0.1, 0.15) is 277 Å². The average molecular weight is 1370 g/mol. The summed E-state index contributed by atoms with van der Waals surface area (Å²) in [6.45, 7) is 75.6. The summed E-state index contributed by atoms with van der Waals surface area (Å²) in [5, 5.41) is 0. The van der Waals surface area contributed by atoms with E-state index < -0.39 is 17.9 Å². The molecule has 0 atom stereocenters. The fraction of sp³-hybridized carbons (Fsp3) is 0.446. The van der Waals surface area contributed by atoms with Gasteiger partial charge in [0, 0.05) is 50.1 Å². The van der Waals surface area contributed by atoms with Gasteiger partial charge in [0.1, 0.15) is 51.7 Å². The number of ether oxygens (including phenoxy) is 6. The molecule has 0 N–H and O–H groups in total. The van der Waals surface area contributed by atoms with Crippen LogP contribution in [0.5, 0.6) is 51.7 Å². The van der Waals surface area contributed by atoms with Gasteiger partial charge in [-0.15, -0.1) is 0 Å². The number of hydrogen-bond donors (Lipinski definition) is 0. The van der Waals surface area contributed by atoms with Crippen molar-refractivity contribution in [1.82, 2.24) is 0 Å². The molecule has 544 valence electrons. The van der Waals surface area contributed by atoms with Crippen LogP contribution in [0.4, 0.5) is 0 Å².